The summed E-state index contributed by atoms with van der Waals surface area (Å²) < 4.78 is 25.6. The first-order chi connectivity index (χ1) is 9.79. The summed E-state index contributed by atoms with van der Waals surface area (Å²) in [5, 5.41) is 3.06. The number of likely N-dealkylation sites (N-methyl/N-ethyl adjacent to an activating group) is 1. The molecule has 2 aromatic rings. The zero-order chi connectivity index (χ0) is 13.9. The van der Waals surface area contributed by atoms with Crippen molar-refractivity contribution in [2.24, 2.45) is 0 Å². The lowest BCUT2D eigenvalue weighted by Gasteiger charge is -2.28. The zero-order valence-electron chi connectivity index (χ0n) is 11.2. The van der Waals surface area contributed by atoms with Gasteiger partial charge < -0.3 is 14.8 Å². The first-order valence-electron chi connectivity index (χ1n) is 6.61. The number of benzene rings is 2. The van der Waals surface area contributed by atoms with Crippen LogP contribution in [0.15, 0.2) is 42.5 Å². The SMILES string of the molecule is CNCC1COc2cccc(-c3ccccc3F)c2O1. The predicted molar refractivity (Wildman–Crippen MR) is 75.7 cm³/mol. The van der Waals surface area contributed by atoms with Crippen molar-refractivity contribution in [3.63, 3.8) is 0 Å². The van der Waals surface area contributed by atoms with E-state index in [-0.39, 0.29) is 11.9 Å². The van der Waals surface area contributed by atoms with Gasteiger partial charge in [-0.3, -0.25) is 0 Å². The number of rotatable bonds is 3. The van der Waals surface area contributed by atoms with E-state index in [9.17, 15) is 4.39 Å². The summed E-state index contributed by atoms with van der Waals surface area (Å²) in [5.41, 5.74) is 1.25. The first kappa shape index (κ1) is 12.9. The number of hydrogen-bond donors (Lipinski definition) is 1. The summed E-state index contributed by atoms with van der Waals surface area (Å²) in [4.78, 5) is 0. The molecule has 0 saturated carbocycles. The molecule has 20 heavy (non-hydrogen) atoms. The van der Waals surface area contributed by atoms with Crippen LogP contribution in [0.5, 0.6) is 11.5 Å². The molecule has 0 aromatic heterocycles. The van der Waals surface area contributed by atoms with Crippen molar-refractivity contribution >= 4 is 0 Å². The molecule has 1 unspecified atom stereocenters. The Kier molecular flexibility index (Phi) is 3.56. The van der Waals surface area contributed by atoms with E-state index in [1.54, 1.807) is 12.1 Å². The monoisotopic (exact) mass is 273 g/mol. The number of hydrogen-bond acceptors (Lipinski definition) is 3. The number of para-hydroxylation sites is 1. The molecule has 0 amide bonds. The van der Waals surface area contributed by atoms with Gasteiger partial charge in [-0.2, -0.15) is 0 Å². The fourth-order valence-electron chi connectivity index (χ4n) is 2.35. The van der Waals surface area contributed by atoms with Crippen molar-refractivity contribution in [2.45, 2.75) is 6.10 Å². The van der Waals surface area contributed by atoms with E-state index in [4.69, 9.17) is 9.47 Å². The second-order valence-corrected chi connectivity index (χ2v) is 4.72. The van der Waals surface area contributed by atoms with Gasteiger partial charge in [0.25, 0.3) is 0 Å². The summed E-state index contributed by atoms with van der Waals surface area (Å²) >= 11 is 0. The quantitative estimate of drug-likeness (QED) is 0.932. The Morgan fingerprint density at radius 3 is 2.75 bits per heavy atom. The topological polar surface area (TPSA) is 30.5 Å². The molecule has 0 aliphatic carbocycles. The molecule has 3 nitrogen and oxygen atoms in total. The van der Waals surface area contributed by atoms with Crippen LogP contribution in [0, 0.1) is 5.82 Å². The maximum Gasteiger partial charge on any atom is 0.169 e. The van der Waals surface area contributed by atoms with Crippen LogP contribution in [0.3, 0.4) is 0 Å². The Labute approximate surface area is 117 Å². The van der Waals surface area contributed by atoms with Crippen LogP contribution < -0.4 is 14.8 Å². The van der Waals surface area contributed by atoms with Crippen molar-refractivity contribution in [1.82, 2.24) is 5.32 Å². The van der Waals surface area contributed by atoms with E-state index in [0.717, 1.165) is 5.56 Å². The highest BCUT2D eigenvalue weighted by atomic mass is 19.1. The molecule has 3 rings (SSSR count). The summed E-state index contributed by atoms with van der Waals surface area (Å²) in [5.74, 6) is 1.02. The fraction of sp³-hybridized carbons (Fsp3) is 0.250. The molecule has 104 valence electrons. The van der Waals surface area contributed by atoms with Gasteiger partial charge in [0.1, 0.15) is 18.5 Å². The largest absolute Gasteiger partial charge is 0.486 e. The molecule has 1 N–H and O–H groups in total. The smallest absolute Gasteiger partial charge is 0.169 e. The normalized spacial score (nSPS) is 17.0. The van der Waals surface area contributed by atoms with Gasteiger partial charge in [0.2, 0.25) is 0 Å². The van der Waals surface area contributed by atoms with Gasteiger partial charge in [-0.1, -0.05) is 30.3 Å². The van der Waals surface area contributed by atoms with Crippen molar-refractivity contribution in [3.05, 3.63) is 48.3 Å². The third-order valence-corrected chi connectivity index (χ3v) is 3.28. The van der Waals surface area contributed by atoms with E-state index in [1.165, 1.54) is 6.07 Å². The van der Waals surface area contributed by atoms with E-state index >= 15 is 0 Å². The van der Waals surface area contributed by atoms with E-state index in [0.29, 0.717) is 30.2 Å². The second kappa shape index (κ2) is 5.51. The van der Waals surface area contributed by atoms with Crippen LogP contribution in [-0.4, -0.2) is 26.3 Å². The lowest BCUT2D eigenvalue weighted by molar-refractivity contribution is 0.0926. The van der Waals surface area contributed by atoms with Crippen LogP contribution in [0.2, 0.25) is 0 Å². The van der Waals surface area contributed by atoms with Gasteiger partial charge in [-0.05, 0) is 19.2 Å². The lowest BCUT2D eigenvalue weighted by atomic mass is 10.0. The van der Waals surface area contributed by atoms with Crippen LogP contribution >= 0.6 is 0 Å². The molecule has 0 bridgehead atoms. The van der Waals surface area contributed by atoms with Gasteiger partial charge >= 0.3 is 0 Å². The summed E-state index contributed by atoms with van der Waals surface area (Å²) in [6, 6.07) is 12.2. The molecular weight excluding hydrogens is 257 g/mol. The molecular formula is C16H16FNO2. The lowest BCUT2D eigenvalue weighted by Crippen LogP contribution is -2.37. The van der Waals surface area contributed by atoms with Gasteiger partial charge in [0.05, 0.1) is 0 Å². The van der Waals surface area contributed by atoms with E-state index in [2.05, 4.69) is 5.32 Å². The van der Waals surface area contributed by atoms with Gasteiger partial charge in [0, 0.05) is 17.7 Å². The third kappa shape index (κ3) is 2.34. The van der Waals surface area contributed by atoms with Gasteiger partial charge in [0.15, 0.2) is 11.5 Å². The Bertz CT molecular complexity index is 615. The van der Waals surface area contributed by atoms with Crippen molar-refractivity contribution in [1.29, 1.82) is 0 Å². The van der Waals surface area contributed by atoms with Crippen LogP contribution in [0.4, 0.5) is 4.39 Å². The third-order valence-electron chi connectivity index (χ3n) is 3.28. The minimum Gasteiger partial charge on any atom is -0.486 e. The highest BCUT2D eigenvalue weighted by Crippen LogP contribution is 2.41. The average Bonchev–Trinajstić information content (AvgIpc) is 2.48. The number of fused-ring (bicyclic) bond motifs is 1. The average molecular weight is 273 g/mol. The molecule has 4 heteroatoms. The minimum atomic E-state index is -0.264. The summed E-state index contributed by atoms with van der Waals surface area (Å²) in [7, 11) is 1.86. The molecule has 0 saturated heterocycles. The molecule has 1 aliphatic heterocycles. The number of ether oxygens (including phenoxy) is 2. The highest BCUT2D eigenvalue weighted by molar-refractivity contribution is 5.74. The van der Waals surface area contributed by atoms with Crippen molar-refractivity contribution in [2.75, 3.05) is 20.2 Å². The second-order valence-electron chi connectivity index (χ2n) is 4.72. The maximum atomic E-state index is 14.0. The van der Waals surface area contributed by atoms with E-state index < -0.39 is 0 Å². The van der Waals surface area contributed by atoms with Crippen LogP contribution in [0.1, 0.15) is 0 Å². The van der Waals surface area contributed by atoms with Gasteiger partial charge in [-0.25, -0.2) is 4.39 Å². The van der Waals surface area contributed by atoms with E-state index in [1.807, 2.05) is 31.3 Å². The number of nitrogens with one attached hydrogen (secondary N) is 1. The van der Waals surface area contributed by atoms with Crippen LogP contribution in [0.25, 0.3) is 11.1 Å². The Hall–Kier alpha value is -2.07. The Morgan fingerprint density at radius 1 is 1.15 bits per heavy atom. The fourth-order valence-corrected chi connectivity index (χ4v) is 2.35. The molecule has 1 atom stereocenters. The van der Waals surface area contributed by atoms with Gasteiger partial charge in [-0.15, -0.1) is 0 Å². The van der Waals surface area contributed by atoms with Crippen LogP contribution in [-0.2, 0) is 0 Å². The minimum absolute atomic E-state index is 0.0691. The zero-order valence-corrected chi connectivity index (χ0v) is 11.2. The Balaban J connectivity index is 2.04. The van der Waals surface area contributed by atoms with Crippen molar-refractivity contribution in [3.8, 4) is 22.6 Å². The summed E-state index contributed by atoms with van der Waals surface area (Å²) in [6.45, 7) is 1.18. The molecule has 2 aromatic carbocycles. The van der Waals surface area contributed by atoms with Crippen molar-refractivity contribution < 1.29 is 13.9 Å². The maximum absolute atomic E-state index is 14.0. The number of halogens is 1. The standard InChI is InChI=1S/C16H16FNO2/c1-18-9-11-10-19-15-8-4-6-13(16(15)20-11)12-5-2-3-7-14(12)17/h2-8,11,18H,9-10H2,1H3. The molecule has 1 aliphatic rings. The first-order valence-corrected chi connectivity index (χ1v) is 6.61. The molecule has 0 spiro atoms. The Morgan fingerprint density at radius 2 is 1.95 bits per heavy atom. The predicted octanol–water partition coefficient (Wildman–Crippen LogP) is 2.85. The molecule has 0 radical (unpaired) electrons. The highest BCUT2D eigenvalue weighted by Gasteiger charge is 2.24. The summed E-state index contributed by atoms with van der Waals surface area (Å²) in [6.07, 6.45) is -0.0691. The molecule has 1 heterocycles. The molecule has 0 fully saturated rings.